The Morgan fingerprint density at radius 3 is 2.71 bits per heavy atom. The van der Waals surface area contributed by atoms with Crippen molar-refractivity contribution in [3.8, 4) is 0 Å². The number of hydrogen-bond acceptors (Lipinski definition) is 6. The smallest absolute Gasteiger partial charge is 0.267 e. The molecular weight excluding hydrogens is 428 g/mol. The molecule has 0 aromatic carbocycles. The van der Waals surface area contributed by atoms with E-state index < -0.39 is 0 Å². The lowest BCUT2D eigenvalue weighted by atomic mass is 10.1. The number of thioether (sulfide) groups is 1. The first kappa shape index (κ1) is 22.0. The van der Waals surface area contributed by atoms with Gasteiger partial charge in [0.2, 0.25) is 0 Å². The van der Waals surface area contributed by atoms with Crippen molar-refractivity contribution in [2.75, 3.05) is 24.5 Å². The maximum absolute atomic E-state index is 13.5. The third-order valence-electron chi connectivity index (χ3n) is 5.85. The first-order chi connectivity index (χ1) is 15.0. The number of unbranched alkanes of at least 4 members (excludes halogenated alkanes) is 2. The fourth-order valence-corrected chi connectivity index (χ4v) is 5.41. The monoisotopic (exact) mass is 456 g/mol. The van der Waals surface area contributed by atoms with E-state index >= 15 is 0 Å². The number of hydrogen-bond donors (Lipinski definition) is 0. The minimum absolute atomic E-state index is 0.107. The number of pyridine rings is 1. The van der Waals surface area contributed by atoms with Gasteiger partial charge in [-0.1, -0.05) is 49.8 Å². The molecule has 4 heterocycles. The lowest BCUT2D eigenvalue weighted by Gasteiger charge is -2.29. The molecule has 2 aliphatic heterocycles. The summed E-state index contributed by atoms with van der Waals surface area (Å²) in [4.78, 5) is 35.8. The summed E-state index contributed by atoms with van der Waals surface area (Å²) in [6.45, 7) is 6.46. The molecule has 2 aromatic rings. The molecule has 1 amide bonds. The Morgan fingerprint density at radius 1 is 1.19 bits per heavy atom. The van der Waals surface area contributed by atoms with E-state index in [-0.39, 0.29) is 11.5 Å². The fourth-order valence-electron chi connectivity index (χ4n) is 4.12. The van der Waals surface area contributed by atoms with Gasteiger partial charge in [-0.2, -0.15) is 0 Å². The number of thiocarbonyl (C=S) groups is 1. The number of fused-ring (bicyclic) bond motifs is 1. The first-order valence-electron chi connectivity index (χ1n) is 11.0. The zero-order chi connectivity index (χ0) is 22.0. The summed E-state index contributed by atoms with van der Waals surface area (Å²) in [6, 6.07) is 3.81. The largest absolute Gasteiger partial charge is 0.356 e. The Kier molecular flexibility index (Phi) is 6.77. The maximum Gasteiger partial charge on any atom is 0.267 e. The number of carbonyl (C=O) groups is 1. The van der Waals surface area contributed by atoms with E-state index in [1.807, 2.05) is 19.1 Å². The van der Waals surface area contributed by atoms with Crippen molar-refractivity contribution in [1.29, 1.82) is 0 Å². The predicted octanol–water partition coefficient (Wildman–Crippen LogP) is 4.38. The summed E-state index contributed by atoms with van der Waals surface area (Å²) in [7, 11) is 0. The predicted molar refractivity (Wildman–Crippen MR) is 132 cm³/mol. The van der Waals surface area contributed by atoms with Crippen LogP contribution in [0.3, 0.4) is 0 Å². The van der Waals surface area contributed by atoms with E-state index in [9.17, 15) is 9.59 Å². The number of nitrogens with zero attached hydrogens (tertiary/aromatic N) is 4. The summed E-state index contributed by atoms with van der Waals surface area (Å²) in [5.41, 5.74) is 1.94. The highest BCUT2D eigenvalue weighted by atomic mass is 32.2. The third-order valence-corrected chi connectivity index (χ3v) is 7.23. The number of piperidine rings is 1. The Morgan fingerprint density at radius 2 is 1.97 bits per heavy atom. The first-order valence-corrected chi connectivity index (χ1v) is 12.3. The minimum Gasteiger partial charge on any atom is -0.356 e. The fraction of sp³-hybridized carbons (Fsp3) is 0.478. The van der Waals surface area contributed by atoms with E-state index in [0.717, 1.165) is 50.8 Å². The van der Waals surface area contributed by atoms with Crippen molar-refractivity contribution in [3.63, 3.8) is 0 Å². The summed E-state index contributed by atoms with van der Waals surface area (Å²) in [5.74, 6) is 0.569. The average molecular weight is 457 g/mol. The molecule has 2 saturated heterocycles. The molecule has 2 fully saturated rings. The van der Waals surface area contributed by atoms with Crippen molar-refractivity contribution in [1.82, 2.24) is 14.3 Å². The van der Waals surface area contributed by atoms with Crippen LogP contribution in [0.15, 0.2) is 28.0 Å². The highest BCUT2D eigenvalue weighted by Gasteiger charge is 2.32. The quantitative estimate of drug-likeness (QED) is 0.365. The second kappa shape index (κ2) is 9.53. The molecule has 0 spiro atoms. The van der Waals surface area contributed by atoms with E-state index in [0.29, 0.717) is 32.8 Å². The van der Waals surface area contributed by atoms with Crippen molar-refractivity contribution in [2.45, 2.75) is 52.4 Å². The van der Waals surface area contributed by atoms with Crippen molar-refractivity contribution >= 4 is 51.7 Å². The molecule has 0 aliphatic carbocycles. The molecule has 0 bridgehead atoms. The van der Waals surface area contributed by atoms with Crippen molar-refractivity contribution < 1.29 is 4.79 Å². The molecule has 0 saturated carbocycles. The minimum atomic E-state index is -0.148. The molecule has 8 heteroatoms. The van der Waals surface area contributed by atoms with Crippen LogP contribution in [0, 0.1) is 6.92 Å². The molecule has 0 unspecified atom stereocenters. The molecule has 0 atom stereocenters. The van der Waals surface area contributed by atoms with Gasteiger partial charge in [-0.05, 0) is 50.3 Å². The van der Waals surface area contributed by atoms with Gasteiger partial charge in [0.1, 0.15) is 15.8 Å². The van der Waals surface area contributed by atoms with E-state index in [4.69, 9.17) is 17.2 Å². The lowest BCUT2D eigenvalue weighted by molar-refractivity contribution is -0.122. The van der Waals surface area contributed by atoms with Gasteiger partial charge in [0.15, 0.2) is 0 Å². The van der Waals surface area contributed by atoms with Crippen LogP contribution in [0.4, 0.5) is 5.82 Å². The summed E-state index contributed by atoms with van der Waals surface area (Å²) in [5, 5.41) is 0. The van der Waals surface area contributed by atoms with Gasteiger partial charge in [0, 0.05) is 25.8 Å². The van der Waals surface area contributed by atoms with Crippen LogP contribution < -0.4 is 10.5 Å². The molecule has 2 aliphatic rings. The summed E-state index contributed by atoms with van der Waals surface area (Å²) < 4.78 is 2.15. The molecule has 0 radical (unpaired) electrons. The molecule has 164 valence electrons. The molecule has 0 N–H and O–H groups in total. The topological polar surface area (TPSA) is 57.9 Å². The second-order valence-corrected chi connectivity index (χ2v) is 9.80. The maximum atomic E-state index is 13.5. The van der Waals surface area contributed by atoms with E-state index in [1.165, 1.54) is 18.2 Å². The van der Waals surface area contributed by atoms with Crippen molar-refractivity contribution in [2.24, 2.45) is 0 Å². The molecule has 4 rings (SSSR count). The van der Waals surface area contributed by atoms with Gasteiger partial charge in [-0.15, -0.1) is 0 Å². The van der Waals surface area contributed by atoms with E-state index in [1.54, 1.807) is 21.6 Å². The molecular formula is C23H28N4O2S2. The van der Waals surface area contributed by atoms with Crippen LogP contribution in [0.25, 0.3) is 11.7 Å². The summed E-state index contributed by atoms with van der Waals surface area (Å²) in [6.07, 6.45) is 9.87. The Hall–Kier alpha value is -2.19. The van der Waals surface area contributed by atoms with Crippen LogP contribution in [-0.2, 0) is 4.79 Å². The summed E-state index contributed by atoms with van der Waals surface area (Å²) >= 11 is 6.74. The van der Waals surface area contributed by atoms with E-state index in [2.05, 4.69) is 11.8 Å². The third kappa shape index (κ3) is 4.41. The molecule has 2 aromatic heterocycles. The highest BCUT2D eigenvalue weighted by molar-refractivity contribution is 8.26. The zero-order valence-electron chi connectivity index (χ0n) is 18.1. The number of aromatic nitrogens is 2. The van der Waals surface area contributed by atoms with Crippen LogP contribution in [0.2, 0.25) is 0 Å². The SMILES string of the molecule is CCCCCN1C(=O)C(=Cc2c(N3CCCCC3)nc3c(C)cccn3c2=O)SC1=S. The van der Waals surface area contributed by atoms with Crippen LogP contribution in [-0.4, -0.2) is 44.1 Å². The standard InChI is InChI=1S/C23H28N4O2S2/c1-3-4-6-13-27-22(29)18(31-23(27)30)15-17-20(25-11-7-5-8-12-25)24-19-16(2)10-9-14-26(19)21(17)28/h9-10,14-15H,3-8,11-13H2,1-2H3. The Labute approximate surface area is 192 Å². The van der Waals surface area contributed by atoms with Crippen LogP contribution >= 0.6 is 24.0 Å². The van der Waals surface area contributed by atoms with Gasteiger partial charge < -0.3 is 4.90 Å². The number of rotatable bonds is 6. The normalized spacial score (nSPS) is 18.6. The number of anilines is 1. The second-order valence-electron chi connectivity index (χ2n) is 8.13. The van der Waals surface area contributed by atoms with Gasteiger partial charge in [-0.3, -0.25) is 18.9 Å². The van der Waals surface area contributed by atoms with Crippen LogP contribution in [0.5, 0.6) is 0 Å². The van der Waals surface area contributed by atoms with Gasteiger partial charge in [0.05, 0.1) is 10.5 Å². The van der Waals surface area contributed by atoms with Gasteiger partial charge in [0.25, 0.3) is 11.5 Å². The highest BCUT2D eigenvalue weighted by Crippen LogP contribution is 2.34. The van der Waals surface area contributed by atoms with Crippen LogP contribution in [0.1, 0.15) is 56.6 Å². The van der Waals surface area contributed by atoms with Crippen molar-refractivity contribution in [3.05, 3.63) is 44.7 Å². The number of aryl methyl sites for hydroxylation is 1. The lowest BCUT2D eigenvalue weighted by Crippen LogP contribution is -2.34. The number of amides is 1. The number of carbonyl (C=O) groups excluding carboxylic acids is 1. The Bertz CT molecular complexity index is 1100. The molecule has 6 nitrogen and oxygen atoms in total. The zero-order valence-corrected chi connectivity index (χ0v) is 19.7. The molecule has 31 heavy (non-hydrogen) atoms. The average Bonchev–Trinajstić information content (AvgIpc) is 3.04. The van der Waals surface area contributed by atoms with Gasteiger partial charge >= 0.3 is 0 Å². The Balaban J connectivity index is 1.79. The van der Waals surface area contributed by atoms with Gasteiger partial charge in [-0.25, -0.2) is 4.98 Å².